The molecule has 5 nitrogen and oxygen atoms in total. The molecule has 0 aliphatic carbocycles. The second-order valence-electron chi connectivity index (χ2n) is 5.67. The van der Waals surface area contributed by atoms with Gasteiger partial charge in [0.15, 0.2) is 0 Å². The summed E-state index contributed by atoms with van der Waals surface area (Å²) in [6.45, 7) is 3.78. The molecule has 0 saturated carbocycles. The average molecular weight is 328 g/mol. The molecule has 0 heterocycles. The van der Waals surface area contributed by atoms with E-state index < -0.39 is 5.54 Å². The Morgan fingerprint density at radius 3 is 2.33 bits per heavy atom. The van der Waals surface area contributed by atoms with Crippen LogP contribution in [0.4, 0.5) is 10.5 Å². The quantitative estimate of drug-likeness (QED) is 0.715. The highest BCUT2D eigenvalue weighted by molar-refractivity contribution is 5.90. The molecule has 2 aromatic rings. The summed E-state index contributed by atoms with van der Waals surface area (Å²) in [7, 11) is 0. The number of hydrogen-bond acceptors (Lipinski definition) is 3. The first kappa shape index (κ1) is 17.8. The van der Waals surface area contributed by atoms with E-state index >= 15 is 0 Å². The fourth-order valence-corrected chi connectivity index (χ4v) is 2.36. The highest BCUT2D eigenvalue weighted by atomic mass is 16.5. The summed E-state index contributed by atoms with van der Waals surface area (Å²) in [6, 6.07) is 16.3. The molecule has 128 valence electrons. The molecule has 0 fully saturated rings. The number of carbonyl (C=O) groups excluding carboxylic acids is 1. The van der Waals surface area contributed by atoms with Crippen LogP contribution in [0, 0.1) is 0 Å². The van der Waals surface area contributed by atoms with Gasteiger partial charge in [-0.25, -0.2) is 4.79 Å². The summed E-state index contributed by atoms with van der Waals surface area (Å²) in [5.74, 6) is 1.37. The minimum absolute atomic E-state index is 0.0927. The van der Waals surface area contributed by atoms with Crippen molar-refractivity contribution < 1.29 is 14.6 Å². The lowest BCUT2D eigenvalue weighted by molar-refractivity contribution is 0.155. The van der Waals surface area contributed by atoms with Gasteiger partial charge < -0.3 is 20.5 Å². The van der Waals surface area contributed by atoms with Crippen LogP contribution in [0.3, 0.4) is 0 Å². The highest BCUT2D eigenvalue weighted by Gasteiger charge is 2.27. The van der Waals surface area contributed by atoms with E-state index in [0.29, 0.717) is 24.3 Å². The molecule has 0 atom stereocenters. The predicted octanol–water partition coefficient (Wildman–Crippen LogP) is 4.15. The van der Waals surface area contributed by atoms with Crippen molar-refractivity contribution in [3.8, 4) is 11.5 Å². The first-order valence-corrected chi connectivity index (χ1v) is 8.14. The largest absolute Gasteiger partial charge is 0.457 e. The number of benzene rings is 2. The van der Waals surface area contributed by atoms with Crippen LogP contribution in [0.15, 0.2) is 54.6 Å². The number of anilines is 1. The molecule has 0 aromatic heterocycles. The molecular weight excluding hydrogens is 304 g/mol. The van der Waals surface area contributed by atoms with Gasteiger partial charge in [-0.15, -0.1) is 0 Å². The Morgan fingerprint density at radius 1 is 1.04 bits per heavy atom. The number of aliphatic hydroxyl groups is 1. The number of rotatable bonds is 7. The molecule has 0 aliphatic rings. The molecule has 2 amide bonds. The van der Waals surface area contributed by atoms with Gasteiger partial charge in [-0.3, -0.25) is 0 Å². The van der Waals surface area contributed by atoms with E-state index in [1.54, 1.807) is 12.1 Å². The third-order valence-electron chi connectivity index (χ3n) is 4.11. The second kappa shape index (κ2) is 8.36. The van der Waals surface area contributed by atoms with Gasteiger partial charge in [-0.1, -0.05) is 38.1 Å². The van der Waals surface area contributed by atoms with Gasteiger partial charge in [0.25, 0.3) is 0 Å². The SMILES string of the molecule is CCC(CC)(CO)NC(=O)Nc1cccc(Oc2ccccc2)c1. The molecule has 5 heteroatoms. The third-order valence-corrected chi connectivity index (χ3v) is 4.11. The van der Waals surface area contributed by atoms with Crippen molar-refractivity contribution >= 4 is 11.7 Å². The fraction of sp³-hybridized carbons (Fsp3) is 0.316. The van der Waals surface area contributed by atoms with Crippen LogP contribution in [-0.2, 0) is 0 Å². The zero-order chi connectivity index (χ0) is 17.4. The highest BCUT2D eigenvalue weighted by Crippen LogP contribution is 2.24. The number of ether oxygens (including phenoxy) is 1. The summed E-state index contributed by atoms with van der Waals surface area (Å²) in [5.41, 5.74) is 0.0300. The second-order valence-corrected chi connectivity index (χ2v) is 5.67. The van der Waals surface area contributed by atoms with Crippen LogP contribution < -0.4 is 15.4 Å². The van der Waals surface area contributed by atoms with Gasteiger partial charge in [0.2, 0.25) is 0 Å². The van der Waals surface area contributed by atoms with E-state index in [9.17, 15) is 9.90 Å². The Labute approximate surface area is 142 Å². The lowest BCUT2D eigenvalue weighted by atomic mass is 9.94. The van der Waals surface area contributed by atoms with Gasteiger partial charge in [0.05, 0.1) is 12.1 Å². The Kier molecular flexibility index (Phi) is 6.21. The van der Waals surface area contributed by atoms with E-state index in [1.165, 1.54) is 0 Å². The molecule has 0 saturated heterocycles. The van der Waals surface area contributed by atoms with E-state index in [1.807, 2.05) is 56.3 Å². The number of carbonyl (C=O) groups is 1. The van der Waals surface area contributed by atoms with Gasteiger partial charge in [0, 0.05) is 11.8 Å². The number of para-hydroxylation sites is 1. The molecule has 0 spiro atoms. The normalized spacial score (nSPS) is 11.0. The van der Waals surface area contributed by atoms with Gasteiger partial charge in [0.1, 0.15) is 11.5 Å². The topological polar surface area (TPSA) is 70.6 Å². The zero-order valence-corrected chi connectivity index (χ0v) is 14.1. The maximum atomic E-state index is 12.2. The first-order chi connectivity index (χ1) is 11.6. The van der Waals surface area contributed by atoms with E-state index in [2.05, 4.69) is 10.6 Å². The first-order valence-electron chi connectivity index (χ1n) is 8.14. The monoisotopic (exact) mass is 328 g/mol. The number of amides is 2. The standard InChI is InChI=1S/C19H24N2O3/c1-3-19(4-2,14-22)21-18(23)20-15-9-8-12-17(13-15)24-16-10-6-5-7-11-16/h5-13,22H,3-4,14H2,1-2H3,(H2,20,21,23). The van der Waals surface area contributed by atoms with Gasteiger partial charge in [-0.05, 0) is 37.1 Å². The predicted molar refractivity (Wildman–Crippen MR) is 95.5 cm³/mol. The minimum atomic E-state index is -0.595. The van der Waals surface area contributed by atoms with E-state index in [-0.39, 0.29) is 12.6 Å². The summed E-state index contributed by atoms with van der Waals surface area (Å²) in [6.07, 6.45) is 1.31. The van der Waals surface area contributed by atoms with Crippen LogP contribution in [0.5, 0.6) is 11.5 Å². The minimum Gasteiger partial charge on any atom is -0.457 e. The van der Waals surface area contributed by atoms with Crippen LogP contribution in [0.25, 0.3) is 0 Å². The molecule has 0 bridgehead atoms. The smallest absolute Gasteiger partial charge is 0.319 e. The summed E-state index contributed by atoms with van der Waals surface area (Å²) in [5, 5.41) is 15.2. The van der Waals surface area contributed by atoms with Gasteiger partial charge >= 0.3 is 6.03 Å². The van der Waals surface area contributed by atoms with Crippen molar-refractivity contribution in [2.24, 2.45) is 0 Å². The Balaban J connectivity index is 2.02. The zero-order valence-electron chi connectivity index (χ0n) is 14.1. The lowest BCUT2D eigenvalue weighted by Gasteiger charge is -2.30. The molecule has 2 aromatic carbocycles. The van der Waals surface area contributed by atoms with E-state index in [4.69, 9.17) is 4.74 Å². The van der Waals surface area contributed by atoms with Crippen molar-refractivity contribution in [2.45, 2.75) is 32.2 Å². The van der Waals surface area contributed by atoms with Crippen molar-refractivity contribution in [2.75, 3.05) is 11.9 Å². The molecule has 0 radical (unpaired) electrons. The van der Waals surface area contributed by atoms with Crippen molar-refractivity contribution in [1.82, 2.24) is 5.32 Å². The van der Waals surface area contributed by atoms with Gasteiger partial charge in [-0.2, -0.15) is 0 Å². The summed E-state index contributed by atoms with van der Waals surface area (Å²) < 4.78 is 5.75. The molecule has 24 heavy (non-hydrogen) atoms. The average Bonchev–Trinajstić information content (AvgIpc) is 2.61. The Hall–Kier alpha value is -2.53. The third kappa shape index (κ3) is 4.73. The van der Waals surface area contributed by atoms with Crippen LogP contribution >= 0.6 is 0 Å². The van der Waals surface area contributed by atoms with Crippen LogP contribution in [-0.4, -0.2) is 23.3 Å². The number of nitrogens with one attached hydrogen (secondary N) is 2. The molecule has 0 aliphatic heterocycles. The fourth-order valence-electron chi connectivity index (χ4n) is 2.36. The van der Waals surface area contributed by atoms with Crippen molar-refractivity contribution in [1.29, 1.82) is 0 Å². The Morgan fingerprint density at radius 2 is 1.71 bits per heavy atom. The summed E-state index contributed by atoms with van der Waals surface area (Å²) >= 11 is 0. The number of urea groups is 1. The Bertz CT molecular complexity index is 646. The lowest BCUT2D eigenvalue weighted by Crippen LogP contribution is -2.51. The molecule has 0 unspecified atom stereocenters. The summed E-state index contributed by atoms with van der Waals surface area (Å²) in [4.78, 5) is 12.2. The van der Waals surface area contributed by atoms with Crippen LogP contribution in [0.1, 0.15) is 26.7 Å². The van der Waals surface area contributed by atoms with Crippen molar-refractivity contribution in [3.05, 3.63) is 54.6 Å². The molecular formula is C19H24N2O3. The number of hydrogen-bond donors (Lipinski definition) is 3. The maximum Gasteiger partial charge on any atom is 0.319 e. The van der Waals surface area contributed by atoms with Crippen LogP contribution in [0.2, 0.25) is 0 Å². The van der Waals surface area contributed by atoms with Crippen molar-refractivity contribution in [3.63, 3.8) is 0 Å². The molecule has 2 rings (SSSR count). The number of aliphatic hydroxyl groups excluding tert-OH is 1. The van der Waals surface area contributed by atoms with E-state index in [0.717, 1.165) is 5.75 Å². The molecule has 3 N–H and O–H groups in total. The maximum absolute atomic E-state index is 12.2.